The van der Waals surface area contributed by atoms with Crippen molar-refractivity contribution in [3.63, 3.8) is 0 Å². The summed E-state index contributed by atoms with van der Waals surface area (Å²) in [7, 11) is 0. The third kappa shape index (κ3) is 2.84. The second-order valence-corrected chi connectivity index (χ2v) is 3.39. The number of carbonyl (C=O) groups is 1. The third-order valence-corrected chi connectivity index (χ3v) is 2.14. The van der Waals surface area contributed by atoms with Gasteiger partial charge in [0.25, 0.3) is 0 Å². The first-order chi connectivity index (χ1) is 8.29. The Labute approximate surface area is 99.0 Å². The summed E-state index contributed by atoms with van der Waals surface area (Å²) < 4.78 is 1.29. The molecular formula is C12H13N3O2. The highest BCUT2D eigenvalue weighted by Gasteiger charge is 2.05. The quantitative estimate of drug-likeness (QED) is 0.874. The summed E-state index contributed by atoms with van der Waals surface area (Å²) in [4.78, 5) is 20.3. The molecule has 2 aromatic rings. The molecule has 88 valence electrons. The fourth-order valence-electron chi connectivity index (χ4n) is 1.39. The van der Waals surface area contributed by atoms with Gasteiger partial charge in [0.05, 0.1) is 11.9 Å². The van der Waals surface area contributed by atoms with E-state index in [1.54, 1.807) is 6.20 Å². The van der Waals surface area contributed by atoms with E-state index in [9.17, 15) is 4.79 Å². The first-order valence-corrected chi connectivity index (χ1v) is 5.35. The van der Waals surface area contributed by atoms with E-state index in [1.807, 2.05) is 37.3 Å². The lowest BCUT2D eigenvalue weighted by Crippen LogP contribution is -2.31. The molecule has 1 heterocycles. The highest BCUT2D eigenvalue weighted by molar-refractivity contribution is 5.67. The molecule has 5 nitrogen and oxygen atoms in total. The number of carbonyl (C=O) groups excluding carboxylic acids is 1. The predicted octanol–water partition coefficient (Wildman–Crippen LogP) is 1.71. The highest BCUT2D eigenvalue weighted by Crippen LogP contribution is 2.15. The van der Waals surface area contributed by atoms with Gasteiger partial charge in [-0.05, 0) is 6.92 Å². The van der Waals surface area contributed by atoms with Gasteiger partial charge in [0.15, 0.2) is 0 Å². The molecule has 0 fully saturated rings. The topological polar surface area (TPSA) is 56.1 Å². The zero-order chi connectivity index (χ0) is 12.1. The van der Waals surface area contributed by atoms with Gasteiger partial charge in [-0.1, -0.05) is 30.3 Å². The molecule has 0 atom stereocenters. The number of hydrogen-bond donors (Lipinski definition) is 1. The summed E-state index contributed by atoms with van der Waals surface area (Å²) in [5.41, 5.74) is 1.74. The van der Waals surface area contributed by atoms with E-state index in [0.29, 0.717) is 6.54 Å². The van der Waals surface area contributed by atoms with Crippen LogP contribution in [0.2, 0.25) is 0 Å². The van der Waals surface area contributed by atoms with Gasteiger partial charge in [0, 0.05) is 12.1 Å². The molecule has 0 radical (unpaired) electrons. The molecule has 0 saturated heterocycles. The van der Waals surface area contributed by atoms with Crippen LogP contribution in [0.15, 0.2) is 42.9 Å². The molecule has 0 aliphatic rings. The average Bonchev–Trinajstić information content (AvgIpc) is 2.79. The van der Waals surface area contributed by atoms with E-state index in [2.05, 4.69) is 10.3 Å². The molecule has 0 spiro atoms. The van der Waals surface area contributed by atoms with Gasteiger partial charge in [0.1, 0.15) is 6.33 Å². The van der Waals surface area contributed by atoms with Crippen molar-refractivity contribution in [1.29, 1.82) is 0 Å². The lowest BCUT2D eigenvalue weighted by molar-refractivity contribution is 0.133. The van der Waals surface area contributed by atoms with E-state index in [-0.39, 0.29) is 0 Å². The normalized spacial score (nSPS) is 9.94. The molecule has 0 bridgehead atoms. The largest absolute Gasteiger partial charge is 0.431 e. The van der Waals surface area contributed by atoms with Crippen LogP contribution in [-0.4, -0.2) is 22.4 Å². The lowest BCUT2D eigenvalue weighted by Gasteiger charge is -2.02. The smallest absolute Gasteiger partial charge is 0.320 e. The minimum absolute atomic E-state index is 0.496. The number of amides is 1. The first kappa shape index (κ1) is 11.2. The second-order valence-electron chi connectivity index (χ2n) is 3.39. The molecule has 5 heteroatoms. The van der Waals surface area contributed by atoms with Gasteiger partial charge in [-0.25, -0.2) is 9.78 Å². The molecule has 1 aromatic carbocycles. The lowest BCUT2D eigenvalue weighted by atomic mass is 10.2. The molecule has 2 rings (SSSR count). The van der Waals surface area contributed by atoms with Crippen LogP contribution in [0.1, 0.15) is 6.92 Å². The number of nitrogens with one attached hydrogen (secondary N) is 1. The SMILES string of the molecule is CCNC(=O)On1cnc(-c2ccccc2)c1. The van der Waals surface area contributed by atoms with E-state index >= 15 is 0 Å². The van der Waals surface area contributed by atoms with Crippen LogP contribution in [0.25, 0.3) is 11.3 Å². The number of aromatic nitrogens is 2. The minimum Gasteiger partial charge on any atom is -0.320 e. The minimum atomic E-state index is -0.496. The molecule has 0 aliphatic heterocycles. The molecule has 1 aromatic heterocycles. The Hall–Kier alpha value is -2.30. The van der Waals surface area contributed by atoms with Crippen molar-refractivity contribution in [1.82, 2.24) is 15.0 Å². The maximum absolute atomic E-state index is 11.2. The number of nitrogens with zero attached hydrogens (tertiary/aromatic N) is 2. The van der Waals surface area contributed by atoms with Gasteiger partial charge in [-0.15, -0.1) is 0 Å². The molecule has 1 N–H and O–H groups in total. The van der Waals surface area contributed by atoms with Gasteiger partial charge < -0.3 is 10.2 Å². The van der Waals surface area contributed by atoms with Gasteiger partial charge >= 0.3 is 6.09 Å². The highest BCUT2D eigenvalue weighted by atomic mass is 16.7. The van der Waals surface area contributed by atoms with E-state index < -0.39 is 6.09 Å². The van der Waals surface area contributed by atoms with Crippen molar-refractivity contribution in [2.75, 3.05) is 6.54 Å². The predicted molar refractivity (Wildman–Crippen MR) is 63.3 cm³/mol. The van der Waals surface area contributed by atoms with E-state index in [1.165, 1.54) is 11.1 Å². The Balaban J connectivity index is 2.09. The summed E-state index contributed by atoms with van der Waals surface area (Å²) in [6, 6.07) is 9.68. The van der Waals surface area contributed by atoms with Gasteiger partial charge in [0.2, 0.25) is 0 Å². The van der Waals surface area contributed by atoms with Crippen LogP contribution in [0, 0.1) is 0 Å². The number of benzene rings is 1. The molecule has 0 aliphatic carbocycles. The van der Waals surface area contributed by atoms with Crippen molar-refractivity contribution >= 4 is 6.09 Å². The van der Waals surface area contributed by atoms with Gasteiger partial charge in [-0.2, -0.15) is 4.73 Å². The number of rotatable bonds is 3. The van der Waals surface area contributed by atoms with Crippen LogP contribution in [0.3, 0.4) is 0 Å². The van der Waals surface area contributed by atoms with Crippen LogP contribution in [0.4, 0.5) is 4.79 Å². The first-order valence-electron chi connectivity index (χ1n) is 5.35. The maximum atomic E-state index is 11.2. The average molecular weight is 231 g/mol. The second kappa shape index (κ2) is 5.16. The van der Waals surface area contributed by atoms with Gasteiger partial charge in [-0.3, -0.25) is 0 Å². The van der Waals surface area contributed by atoms with Crippen LogP contribution in [-0.2, 0) is 0 Å². The molecule has 0 unspecified atom stereocenters. The van der Waals surface area contributed by atoms with E-state index in [4.69, 9.17) is 4.84 Å². The molecule has 17 heavy (non-hydrogen) atoms. The fourth-order valence-corrected chi connectivity index (χ4v) is 1.39. The maximum Gasteiger partial charge on any atom is 0.431 e. The molecular weight excluding hydrogens is 218 g/mol. The molecule has 0 saturated carbocycles. The Morgan fingerprint density at radius 1 is 1.41 bits per heavy atom. The Morgan fingerprint density at radius 2 is 2.18 bits per heavy atom. The summed E-state index contributed by atoms with van der Waals surface area (Å²) in [5.74, 6) is 0. The summed E-state index contributed by atoms with van der Waals surface area (Å²) >= 11 is 0. The van der Waals surface area contributed by atoms with E-state index in [0.717, 1.165) is 11.3 Å². The summed E-state index contributed by atoms with van der Waals surface area (Å²) in [5, 5.41) is 2.53. The standard InChI is InChI=1S/C12H13N3O2/c1-2-13-12(16)17-15-8-11(14-9-15)10-6-4-3-5-7-10/h3-9H,2H2,1H3,(H,13,16). The van der Waals surface area contributed by atoms with Crippen molar-refractivity contribution in [3.8, 4) is 11.3 Å². The third-order valence-electron chi connectivity index (χ3n) is 2.14. The van der Waals surface area contributed by atoms with Crippen LogP contribution in [0.5, 0.6) is 0 Å². The summed E-state index contributed by atoms with van der Waals surface area (Å²) in [6.07, 6.45) is 2.62. The van der Waals surface area contributed by atoms with Crippen molar-refractivity contribution in [2.24, 2.45) is 0 Å². The number of imidazole rings is 1. The Morgan fingerprint density at radius 3 is 2.88 bits per heavy atom. The van der Waals surface area contributed by atoms with Crippen molar-refractivity contribution in [2.45, 2.75) is 6.92 Å². The monoisotopic (exact) mass is 231 g/mol. The van der Waals surface area contributed by atoms with Crippen LogP contribution >= 0.6 is 0 Å². The van der Waals surface area contributed by atoms with Crippen LogP contribution < -0.4 is 10.2 Å². The Kier molecular flexibility index (Phi) is 3.40. The van der Waals surface area contributed by atoms with Crippen molar-refractivity contribution in [3.05, 3.63) is 42.9 Å². The zero-order valence-electron chi connectivity index (χ0n) is 9.46. The fraction of sp³-hybridized carbons (Fsp3) is 0.167. The number of hydrogen-bond acceptors (Lipinski definition) is 3. The zero-order valence-corrected chi connectivity index (χ0v) is 9.46. The Bertz CT molecular complexity index is 493. The summed E-state index contributed by atoms with van der Waals surface area (Å²) in [6.45, 7) is 2.35. The molecule has 1 amide bonds. The van der Waals surface area contributed by atoms with Crippen molar-refractivity contribution < 1.29 is 9.63 Å².